The van der Waals surface area contributed by atoms with E-state index in [1.807, 2.05) is 0 Å². The van der Waals surface area contributed by atoms with Gasteiger partial charge in [0.05, 0.1) is 19.4 Å². The molecular weight excluding hydrogens is 200 g/mol. The topological polar surface area (TPSA) is 94.4 Å². The summed E-state index contributed by atoms with van der Waals surface area (Å²) in [5.41, 5.74) is 5.81. The Morgan fingerprint density at radius 1 is 1.47 bits per heavy atom. The fourth-order valence-electron chi connectivity index (χ4n) is 1.08. The number of hydrogen-bond acceptors (Lipinski definition) is 5. The molecule has 3 N–H and O–H groups in total. The van der Waals surface area contributed by atoms with Gasteiger partial charge >= 0.3 is 11.9 Å². The first-order valence-corrected chi connectivity index (χ1v) is 4.34. The average molecular weight is 212 g/mol. The zero-order chi connectivity index (χ0) is 11.4. The molecule has 0 aliphatic rings. The van der Waals surface area contributed by atoms with Crippen LogP contribution < -0.4 is 5.73 Å². The standard InChI is InChI=1S/C9H12N2O4/c1-3-15-8(12)5-4-11-7(6(5)10)9(13)14-2/h4,11H,3,10H2,1-2H3. The molecule has 6 nitrogen and oxygen atoms in total. The van der Waals surface area contributed by atoms with Crippen molar-refractivity contribution in [1.29, 1.82) is 0 Å². The van der Waals surface area contributed by atoms with Crippen LogP contribution in [0, 0.1) is 0 Å². The Morgan fingerprint density at radius 2 is 2.13 bits per heavy atom. The van der Waals surface area contributed by atoms with E-state index >= 15 is 0 Å². The molecule has 15 heavy (non-hydrogen) atoms. The maximum atomic E-state index is 11.3. The van der Waals surface area contributed by atoms with E-state index in [9.17, 15) is 9.59 Å². The van der Waals surface area contributed by atoms with Crippen LogP contribution in [0.5, 0.6) is 0 Å². The molecule has 0 saturated heterocycles. The third-order valence-electron chi connectivity index (χ3n) is 1.81. The van der Waals surface area contributed by atoms with E-state index in [1.54, 1.807) is 6.92 Å². The highest BCUT2D eigenvalue weighted by atomic mass is 16.5. The quantitative estimate of drug-likeness (QED) is 0.714. The van der Waals surface area contributed by atoms with Crippen LogP contribution in [0.1, 0.15) is 27.8 Å². The number of nitrogens with two attached hydrogens (primary N) is 1. The van der Waals surface area contributed by atoms with Crippen LogP contribution in [0.2, 0.25) is 0 Å². The minimum Gasteiger partial charge on any atom is -0.464 e. The number of esters is 2. The third-order valence-corrected chi connectivity index (χ3v) is 1.81. The lowest BCUT2D eigenvalue weighted by atomic mass is 10.2. The molecule has 0 aliphatic heterocycles. The Morgan fingerprint density at radius 3 is 2.67 bits per heavy atom. The summed E-state index contributed by atoms with van der Waals surface area (Å²) in [6.07, 6.45) is 1.32. The second kappa shape index (κ2) is 4.50. The molecule has 6 heteroatoms. The van der Waals surface area contributed by atoms with Crippen LogP contribution in [-0.2, 0) is 9.47 Å². The first kappa shape index (κ1) is 11.1. The van der Waals surface area contributed by atoms with Crippen molar-refractivity contribution in [3.05, 3.63) is 17.5 Å². The Labute approximate surface area is 86.4 Å². The minimum absolute atomic E-state index is 0.0419. The zero-order valence-corrected chi connectivity index (χ0v) is 8.49. The first-order chi connectivity index (χ1) is 7.11. The number of rotatable bonds is 3. The van der Waals surface area contributed by atoms with Crippen LogP contribution in [-0.4, -0.2) is 30.6 Å². The highest BCUT2D eigenvalue weighted by Crippen LogP contribution is 2.18. The normalized spacial score (nSPS) is 9.73. The molecule has 0 radical (unpaired) electrons. The first-order valence-electron chi connectivity index (χ1n) is 4.34. The van der Waals surface area contributed by atoms with Gasteiger partial charge in [-0.15, -0.1) is 0 Å². The highest BCUT2D eigenvalue weighted by Gasteiger charge is 2.20. The summed E-state index contributed by atoms with van der Waals surface area (Å²) in [5, 5.41) is 0. The van der Waals surface area contributed by atoms with Gasteiger partial charge in [0.25, 0.3) is 0 Å². The number of nitrogens with one attached hydrogen (secondary N) is 1. The van der Waals surface area contributed by atoms with Crippen LogP contribution in [0.15, 0.2) is 6.20 Å². The van der Waals surface area contributed by atoms with Crippen LogP contribution in [0.4, 0.5) is 5.69 Å². The molecule has 82 valence electrons. The summed E-state index contributed by atoms with van der Waals surface area (Å²) in [4.78, 5) is 25.0. The molecule has 1 rings (SSSR count). The number of methoxy groups -OCH3 is 1. The second-order valence-corrected chi connectivity index (χ2v) is 2.70. The van der Waals surface area contributed by atoms with Crippen molar-refractivity contribution in [2.45, 2.75) is 6.92 Å². The summed E-state index contributed by atoms with van der Waals surface area (Å²) in [7, 11) is 1.23. The lowest BCUT2D eigenvalue weighted by Crippen LogP contribution is -2.09. The van der Waals surface area contributed by atoms with Crippen LogP contribution in [0.3, 0.4) is 0 Å². The van der Waals surface area contributed by atoms with E-state index in [4.69, 9.17) is 10.5 Å². The van der Waals surface area contributed by atoms with Crippen LogP contribution in [0.25, 0.3) is 0 Å². The molecule has 0 aromatic carbocycles. The van der Waals surface area contributed by atoms with E-state index in [2.05, 4.69) is 9.72 Å². The summed E-state index contributed by atoms with van der Waals surface area (Å²) in [6, 6.07) is 0. The molecule has 0 bridgehead atoms. The fourth-order valence-corrected chi connectivity index (χ4v) is 1.08. The predicted octanol–water partition coefficient (Wildman–Crippen LogP) is 0.560. The summed E-state index contributed by atoms with van der Waals surface area (Å²) >= 11 is 0. The Balaban J connectivity index is 2.98. The molecule has 0 saturated carbocycles. The third kappa shape index (κ3) is 2.09. The lowest BCUT2D eigenvalue weighted by Gasteiger charge is -2.00. The molecule has 0 unspecified atom stereocenters. The lowest BCUT2D eigenvalue weighted by molar-refractivity contribution is 0.0527. The van der Waals surface area contributed by atoms with Gasteiger partial charge in [0.1, 0.15) is 11.3 Å². The SMILES string of the molecule is CCOC(=O)c1c[nH]c(C(=O)OC)c1N. The number of hydrogen-bond donors (Lipinski definition) is 2. The molecule has 1 aromatic rings. The number of ether oxygens (including phenoxy) is 2. The summed E-state index contributed by atoms with van der Waals surface area (Å²) in [6.45, 7) is 1.93. The average Bonchev–Trinajstić information content (AvgIpc) is 2.59. The van der Waals surface area contributed by atoms with Crippen molar-refractivity contribution >= 4 is 17.6 Å². The molecular formula is C9H12N2O4. The van der Waals surface area contributed by atoms with Gasteiger partial charge in [-0.25, -0.2) is 9.59 Å². The number of aromatic nitrogens is 1. The Hall–Kier alpha value is -1.98. The van der Waals surface area contributed by atoms with Gasteiger partial charge in [-0.3, -0.25) is 0 Å². The van der Waals surface area contributed by atoms with Gasteiger partial charge in [0.2, 0.25) is 0 Å². The van der Waals surface area contributed by atoms with Gasteiger partial charge in [-0.1, -0.05) is 0 Å². The fraction of sp³-hybridized carbons (Fsp3) is 0.333. The minimum atomic E-state index is -0.622. The summed E-state index contributed by atoms with van der Waals surface area (Å²) < 4.78 is 9.21. The van der Waals surface area contributed by atoms with Gasteiger partial charge < -0.3 is 20.2 Å². The van der Waals surface area contributed by atoms with Crippen molar-refractivity contribution in [3.63, 3.8) is 0 Å². The molecule has 0 atom stereocenters. The number of nitrogen functional groups attached to an aromatic ring is 1. The predicted molar refractivity (Wildman–Crippen MR) is 52.5 cm³/mol. The molecule has 0 fully saturated rings. The van der Waals surface area contributed by atoms with Crippen molar-refractivity contribution in [2.24, 2.45) is 0 Å². The maximum absolute atomic E-state index is 11.3. The van der Waals surface area contributed by atoms with Crippen molar-refractivity contribution in [2.75, 3.05) is 19.5 Å². The van der Waals surface area contributed by atoms with E-state index in [0.29, 0.717) is 0 Å². The second-order valence-electron chi connectivity index (χ2n) is 2.70. The highest BCUT2D eigenvalue weighted by molar-refractivity contribution is 6.02. The zero-order valence-electron chi connectivity index (χ0n) is 8.49. The largest absolute Gasteiger partial charge is 0.464 e. The van der Waals surface area contributed by atoms with E-state index in [-0.39, 0.29) is 23.6 Å². The monoisotopic (exact) mass is 212 g/mol. The van der Waals surface area contributed by atoms with E-state index in [1.165, 1.54) is 13.3 Å². The Kier molecular flexibility index (Phi) is 3.33. The molecule has 1 heterocycles. The molecule has 1 aromatic heterocycles. The number of aromatic amines is 1. The molecule has 0 spiro atoms. The van der Waals surface area contributed by atoms with Gasteiger partial charge in [0.15, 0.2) is 0 Å². The smallest absolute Gasteiger partial charge is 0.356 e. The van der Waals surface area contributed by atoms with Crippen molar-refractivity contribution in [3.8, 4) is 0 Å². The molecule has 0 aliphatic carbocycles. The summed E-state index contributed by atoms with van der Waals surface area (Å²) in [5.74, 6) is -1.19. The number of carbonyl (C=O) groups is 2. The van der Waals surface area contributed by atoms with Gasteiger partial charge in [-0.2, -0.15) is 0 Å². The van der Waals surface area contributed by atoms with Crippen molar-refractivity contribution in [1.82, 2.24) is 4.98 Å². The van der Waals surface area contributed by atoms with Gasteiger partial charge in [-0.05, 0) is 6.92 Å². The number of carbonyl (C=O) groups excluding carboxylic acids is 2. The van der Waals surface area contributed by atoms with E-state index < -0.39 is 11.9 Å². The van der Waals surface area contributed by atoms with Crippen molar-refractivity contribution < 1.29 is 19.1 Å². The van der Waals surface area contributed by atoms with E-state index in [0.717, 1.165) is 0 Å². The Bertz CT molecular complexity index is 383. The van der Waals surface area contributed by atoms with Crippen LogP contribution >= 0.6 is 0 Å². The van der Waals surface area contributed by atoms with Gasteiger partial charge in [0, 0.05) is 6.20 Å². The number of H-pyrrole nitrogens is 1. The molecule has 0 amide bonds. The number of anilines is 1. The maximum Gasteiger partial charge on any atom is 0.356 e.